The molecule has 3 rings (SSSR count). The first kappa shape index (κ1) is 23.0. The third-order valence-corrected chi connectivity index (χ3v) is 6.17. The Hall–Kier alpha value is -1.63. The van der Waals surface area contributed by atoms with Crippen LogP contribution in [-0.2, 0) is 9.59 Å². The standard InChI is InChI=1S/C22H22BrCl2FN2O2/c23-15-8-11-19(18(26)12-15)28(20(29)13-24)21(14-6-9-16(25)10-7-14)22(30)27-17-4-2-1-3-5-17/h6-12,17,21H,1-5,13H2,(H,27,30). The summed E-state index contributed by atoms with van der Waals surface area (Å²) in [5.74, 6) is -1.97. The summed E-state index contributed by atoms with van der Waals surface area (Å²) in [7, 11) is 0. The zero-order valence-corrected chi connectivity index (χ0v) is 19.3. The Balaban J connectivity index is 2.05. The van der Waals surface area contributed by atoms with Gasteiger partial charge in [-0.3, -0.25) is 14.5 Å². The van der Waals surface area contributed by atoms with Gasteiger partial charge in [-0.2, -0.15) is 0 Å². The molecule has 0 radical (unpaired) electrons. The highest BCUT2D eigenvalue weighted by Crippen LogP contribution is 2.33. The molecule has 1 atom stereocenters. The van der Waals surface area contributed by atoms with Crippen LogP contribution in [-0.4, -0.2) is 23.7 Å². The van der Waals surface area contributed by atoms with Crippen molar-refractivity contribution in [1.82, 2.24) is 5.32 Å². The zero-order chi connectivity index (χ0) is 21.7. The van der Waals surface area contributed by atoms with Gasteiger partial charge < -0.3 is 5.32 Å². The molecule has 30 heavy (non-hydrogen) atoms. The molecule has 1 saturated carbocycles. The number of hydrogen-bond acceptors (Lipinski definition) is 2. The van der Waals surface area contributed by atoms with Crippen LogP contribution in [0.3, 0.4) is 0 Å². The summed E-state index contributed by atoms with van der Waals surface area (Å²) in [6.45, 7) is 0. The minimum absolute atomic E-state index is 0.0115. The number of halogens is 4. The first-order chi connectivity index (χ1) is 14.4. The van der Waals surface area contributed by atoms with Crippen LogP contribution in [0.15, 0.2) is 46.9 Å². The Kier molecular flexibility index (Phi) is 8.14. The zero-order valence-electron chi connectivity index (χ0n) is 16.2. The van der Waals surface area contributed by atoms with Gasteiger partial charge in [0.05, 0.1) is 5.69 Å². The van der Waals surface area contributed by atoms with E-state index < -0.39 is 23.6 Å². The predicted molar refractivity (Wildman–Crippen MR) is 122 cm³/mol. The highest BCUT2D eigenvalue weighted by atomic mass is 79.9. The average molecular weight is 516 g/mol. The molecule has 2 aromatic carbocycles. The second kappa shape index (κ2) is 10.6. The number of carbonyl (C=O) groups excluding carboxylic acids is 2. The maximum absolute atomic E-state index is 14.8. The molecule has 0 spiro atoms. The van der Waals surface area contributed by atoms with E-state index in [1.165, 1.54) is 12.1 Å². The summed E-state index contributed by atoms with van der Waals surface area (Å²) < 4.78 is 15.4. The van der Waals surface area contributed by atoms with Crippen molar-refractivity contribution in [3.63, 3.8) is 0 Å². The lowest BCUT2D eigenvalue weighted by molar-refractivity contribution is -0.126. The summed E-state index contributed by atoms with van der Waals surface area (Å²) in [4.78, 5) is 27.4. The summed E-state index contributed by atoms with van der Waals surface area (Å²) in [6.07, 6.45) is 5.00. The van der Waals surface area contributed by atoms with Crippen LogP contribution >= 0.6 is 39.1 Å². The number of nitrogens with one attached hydrogen (secondary N) is 1. The number of carbonyl (C=O) groups is 2. The molecule has 0 aromatic heterocycles. The molecule has 1 N–H and O–H groups in total. The van der Waals surface area contributed by atoms with Gasteiger partial charge in [-0.15, -0.1) is 11.6 Å². The van der Waals surface area contributed by atoms with Crippen LogP contribution < -0.4 is 10.2 Å². The molecule has 8 heteroatoms. The van der Waals surface area contributed by atoms with Gasteiger partial charge in [-0.25, -0.2) is 4.39 Å². The van der Waals surface area contributed by atoms with Crippen LogP contribution in [0.25, 0.3) is 0 Å². The smallest absolute Gasteiger partial charge is 0.248 e. The van der Waals surface area contributed by atoms with Crippen LogP contribution in [0.1, 0.15) is 43.7 Å². The molecule has 0 saturated heterocycles. The summed E-state index contributed by atoms with van der Waals surface area (Å²) in [5.41, 5.74) is 0.510. The molecule has 0 heterocycles. The molecule has 1 aliphatic carbocycles. The number of nitrogens with zero attached hydrogens (tertiary/aromatic N) is 1. The first-order valence-electron chi connectivity index (χ1n) is 9.79. The Labute approximate surface area is 193 Å². The van der Waals surface area contributed by atoms with Gasteiger partial charge in [0.1, 0.15) is 17.7 Å². The van der Waals surface area contributed by atoms with Crippen molar-refractivity contribution in [2.45, 2.75) is 44.2 Å². The van der Waals surface area contributed by atoms with E-state index >= 15 is 0 Å². The highest BCUT2D eigenvalue weighted by molar-refractivity contribution is 9.10. The van der Waals surface area contributed by atoms with Gasteiger partial charge in [-0.05, 0) is 48.7 Å². The van der Waals surface area contributed by atoms with E-state index in [-0.39, 0.29) is 17.6 Å². The Bertz CT molecular complexity index is 905. The van der Waals surface area contributed by atoms with E-state index in [0.29, 0.717) is 15.1 Å². The summed E-state index contributed by atoms with van der Waals surface area (Å²) >= 11 is 15.1. The molecule has 1 unspecified atom stereocenters. The van der Waals surface area contributed by atoms with Gasteiger partial charge in [0, 0.05) is 15.5 Å². The van der Waals surface area contributed by atoms with Gasteiger partial charge in [0.25, 0.3) is 0 Å². The Morgan fingerprint density at radius 1 is 1.13 bits per heavy atom. The normalized spacial score (nSPS) is 15.5. The number of hydrogen-bond donors (Lipinski definition) is 1. The van der Waals surface area contributed by atoms with E-state index in [0.717, 1.165) is 37.0 Å². The highest BCUT2D eigenvalue weighted by Gasteiger charge is 2.35. The predicted octanol–water partition coefficient (Wildman–Crippen LogP) is 6.00. The van der Waals surface area contributed by atoms with Gasteiger partial charge in [-0.1, -0.05) is 58.9 Å². The van der Waals surface area contributed by atoms with Crippen LogP contribution in [0.5, 0.6) is 0 Å². The molecular weight excluding hydrogens is 494 g/mol. The number of alkyl halides is 1. The van der Waals surface area contributed by atoms with E-state index in [1.807, 2.05) is 0 Å². The maximum atomic E-state index is 14.8. The summed E-state index contributed by atoms with van der Waals surface area (Å²) in [5, 5.41) is 3.55. The minimum Gasteiger partial charge on any atom is -0.351 e. The lowest BCUT2D eigenvalue weighted by atomic mass is 9.94. The monoisotopic (exact) mass is 514 g/mol. The van der Waals surface area contributed by atoms with Crippen LogP contribution in [0, 0.1) is 5.82 Å². The van der Waals surface area contributed by atoms with E-state index in [4.69, 9.17) is 23.2 Å². The van der Waals surface area contributed by atoms with Crippen LogP contribution in [0.2, 0.25) is 5.02 Å². The fraction of sp³-hybridized carbons (Fsp3) is 0.364. The third kappa shape index (κ3) is 5.54. The fourth-order valence-electron chi connectivity index (χ4n) is 3.75. The second-order valence-corrected chi connectivity index (χ2v) is 8.91. The third-order valence-electron chi connectivity index (χ3n) is 5.20. The molecule has 1 fully saturated rings. The first-order valence-corrected chi connectivity index (χ1v) is 11.5. The number of rotatable bonds is 6. The lowest BCUT2D eigenvalue weighted by Crippen LogP contribution is -2.48. The number of amides is 2. The van der Waals surface area contributed by atoms with Gasteiger partial charge >= 0.3 is 0 Å². The van der Waals surface area contributed by atoms with E-state index in [1.54, 1.807) is 30.3 Å². The molecule has 2 amide bonds. The average Bonchev–Trinajstić information content (AvgIpc) is 2.73. The molecule has 0 bridgehead atoms. The molecule has 160 valence electrons. The van der Waals surface area contributed by atoms with Crippen molar-refractivity contribution in [3.8, 4) is 0 Å². The van der Waals surface area contributed by atoms with Crippen molar-refractivity contribution in [2.75, 3.05) is 10.8 Å². The quantitative estimate of drug-likeness (QED) is 0.479. The van der Waals surface area contributed by atoms with Crippen molar-refractivity contribution in [2.24, 2.45) is 0 Å². The lowest BCUT2D eigenvalue weighted by Gasteiger charge is -2.33. The summed E-state index contributed by atoms with van der Waals surface area (Å²) in [6, 6.07) is 9.89. The van der Waals surface area contributed by atoms with Crippen molar-refractivity contribution >= 4 is 56.6 Å². The van der Waals surface area contributed by atoms with Crippen LogP contribution in [0.4, 0.5) is 10.1 Å². The SMILES string of the molecule is O=C(NC1CCCCC1)C(c1ccc(Cl)cc1)N(C(=O)CCl)c1ccc(Br)cc1F. The number of benzene rings is 2. The van der Waals surface area contributed by atoms with Crippen molar-refractivity contribution in [3.05, 3.63) is 63.3 Å². The maximum Gasteiger partial charge on any atom is 0.248 e. The van der Waals surface area contributed by atoms with Gasteiger partial charge in [0.15, 0.2) is 0 Å². The molecule has 2 aromatic rings. The van der Waals surface area contributed by atoms with Crippen molar-refractivity contribution < 1.29 is 14.0 Å². The van der Waals surface area contributed by atoms with Gasteiger partial charge in [0.2, 0.25) is 11.8 Å². The molecule has 4 nitrogen and oxygen atoms in total. The van der Waals surface area contributed by atoms with Crippen molar-refractivity contribution in [1.29, 1.82) is 0 Å². The Morgan fingerprint density at radius 3 is 2.40 bits per heavy atom. The van der Waals surface area contributed by atoms with E-state index in [9.17, 15) is 14.0 Å². The molecule has 0 aliphatic heterocycles. The second-order valence-electron chi connectivity index (χ2n) is 7.29. The largest absolute Gasteiger partial charge is 0.351 e. The fourth-order valence-corrected chi connectivity index (χ4v) is 4.34. The van der Waals surface area contributed by atoms with E-state index in [2.05, 4.69) is 21.2 Å². The minimum atomic E-state index is -1.08. The topological polar surface area (TPSA) is 49.4 Å². The Morgan fingerprint density at radius 2 is 1.80 bits per heavy atom. The number of anilines is 1. The molecular formula is C22H22BrCl2FN2O2. The molecule has 1 aliphatic rings.